The van der Waals surface area contributed by atoms with E-state index >= 15 is 0 Å². The number of nitrogens with one attached hydrogen (secondary N) is 1. The van der Waals surface area contributed by atoms with Gasteiger partial charge >= 0.3 is 0 Å². The number of carbonyl (C=O) groups is 1. The Morgan fingerprint density at radius 2 is 1.86 bits per heavy atom. The molecule has 14 heavy (non-hydrogen) atoms. The average molecular weight is 197 g/mol. The van der Waals surface area contributed by atoms with Crippen molar-refractivity contribution in [3.63, 3.8) is 0 Å². The molecule has 1 fully saturated rings. The van der Waals surface area contributed by atoms with Crippen molar-refractivity contribution in [2.24, 2.45) is 0 Å². The van der Waals surface area contributed by atoms with Crippen molar-refractivity contribution in [3.8, 4) is 0 Å². The Kier molecular flexibility index (Phi) is 2.19. The molecular weight excluding hydrogens is 188 g/mol. The molecule has 1 heterocycles. The minimum atomic E-state index is -0.598. The Morgan fingerprint density at radius 3 is 2.36 bits per heavy atom. The first kappa shape index (κ1) is 9.12. The predicted molar refractivity (Wildman–Crippen MR) is 46.7 cm³/mol. The molecule has 0 radical (unpaired) electrons. The summed E-state index contributed by atoms with van der Waals surface area (Å²) in [6.45, 7) is 0.460. The van der Waals surface area contributed by atoms with Gasteiger partial charge in [-0.25, -0.2) is 8.78 Å². The standard InChI is InChI=1S/C10H9F2NO/c11-8-1-6(2-9(12)4-8)7-3-10(14)13-5-7/h1-2,4,7H,3,5H2,(H,13,14). The highest BCUT2D eigenvalue weighted by Crippen LogP contribution is 2.24. The van der Waals surface area contributed by atoms with Gasteiger partial charge in [-0.2, -0.15) is 0 Å². The van der Waals surface area contributed by atoms with Gasteiger partial charge in [0.25, 0.3) is 0 Å². The van der Waals surface area contributed by atoms with Crippen molar-refractivity contribution in [2.75, 3.05) is 6.54 Å². The molecule has 1 amide bonds. The molecule has 1 aromatic rings. The van der Waals surface area contributed by atoms with Gasteiger partial charge in [0.2, 0.25) is 5.91 Å². The minimum Gasteiger partial charge on any atom is -0.355 e. The van der Waals surface area contributed by atoms with Crippen LogP contribution in [0.4, 0.5) is 8.78 Å². The molecule has 2 nitrogen and oxygen atoms in total. The zero-order valence-electron chi connectivity index (χ0n) is 7.39. The van der Waals surface area contributed by atoms with E-state index < -0.39 is 11.6 Å². The van der Waals surface area contributed by atoms with Gasteiger partial charge in [0.1, 0.15) is 11.6 Å². The molecular formula is C10H9F2NO. The fraction of sp³-hybridized carbons (Fsp3) is 0.300. The lowest BCUT2D eigenvalue weighted by Crippen LogP contribution is -2.13. The van der Waals surface area contributed by atoms with E-state index in [2.05, 4.69) is 5.32 Å². The summed E-state index contributed by atoms with van der Waals surface area (Å²) in [5, 5.41) is 2.62. The topological polar surface area (TPSA) is 29.1 Å². The summed E-state index contributed by atoms with van der Waals surface area (Å²) in [5.41, 5.74) is 0.542. The van der Waals surface area contributed by atoms with Crippen LogP contribution in [0.5, 0.6) is 0 Å². The van der Waals surface area contributed by atoms with E-state index in [1.54, 1.807) is 0 Å². The average Bonchev–Trinajstić information content (AvgIpc) is 2.50. The van der Waals surface area contributed by atoms with Gasteiger partial charge < -0.3 is 5.32 Å². The predicted octanol–water partition coefficient (Wildman–Crippen LogP) is 1.57. The van der Waals surface area contributed by atoms with Crippen LogP contribution in [0.1, 0.15) is 17.9 Å². The highest BCUT2D eigenvalue weighted by atomic mass is 19.1. The van der Waals surface area contributed by atoms with E-state index in [1.807, 2.05) is 0 Å². The van der Waals surface area contributed by atoms with Crippen LogP contribution < -0.4 is 5.32 Å². The van der Waals surface area contributed by atoms with Crippen LogP contribution in [-0.4, -0.2) is 12.5 Å². The van der Waals surface area contributed by atoms with Gasteiger partial charge in [0, 0.05) is 24.9 Å². The molecule has 74 valence electrons. The lowest BCUT2D eigenvalue weighted by Gasteiger charge is -2.07. The summed E-state index contributed by atoms with van der Waals surface area (Å²) >= 11 is 0. The number of carbonyl (C=O) groups excluding carboxylic acids is 1. The van der Waals surface area contributed by atoms with Gasteiger partial charge in [-0.1, -0.05) is 0 Å². The van der Waals surface area contributed by atoms with Gasteiger partial charge in [-0.05, 0) is 17.7 Å². The summed E-state index contributed by atoms with van der Waals surface area (Å²) in [7, 11) is 0. The maximum atomic E-state index is 12.8. The van der Waals surface area contributed by atoms with E-state index in [9.17, 15) is 13.6 Å². The molecule has 1 atom stereocenters. The minimum absolute atomic E-state index is 0.0698. The molecule has 1 aliphatic rings. The highest BCUT2D eigenvalue weighted by Gasteiger charge is 2.23. The van der Waals surface area contributed by atoms with Crippen LogP contribution in [0.2, 0.25) is 0 Å². The molecule has 1 N–H and O–H groups in total. The van der Waals surface area contributed by atoms with Crippen molar-refractivity contribution in [3.05, 3.63) is 35.4 Å². The molecule has 1 aromatic carbocycles. The molecule has 0 spiro atoms. The second-order valence-corrected chi connectivity index (χ2v) is 3.41. The number of amides is 1. The highest BCUT2D eigenvalue weighted by molar-refractivity contribution is 5.79. The third kappa shape index (κ3) is 1.73. The Hall–Kier alpha value is -1.45. The number of halogens is 2. The number of hydrogen-bond donors (Lipinski definition) is 1. The van der Waals surface area contributed by atoms with Gasteiger partial charge in [0.15, 0.2) is 0 Å². The third-order valence-electron chi connectivity index (χ3n) is 2.33. The second kappa shape index (κ2) is 3.36. The summed E-state index contributed by atoms with van der Waals surface area (Å²) in [4.78, 5) is 10.9. The fourth-order valence-electron chi connectivity index (χ4n) is 1.65. The van der Waals surface area contributed by atoms with Crippen molar-refractivity contribution in [1.82, 2.24) is 5.32 Å². The van der Waals surface area contributed by atoms with Gasteiger partial charge in [-0.15, -0.1) is 0 Å². The van der Waals surface area contributed by atoms with E-state index in [-0.39, 0.29) is 11.8 Å². The molecule has 0 bridgehead atoms. The lowest BCUT2D eigenvalue weighted by molar-refractivity contribution is -0.119. The Balaban J connectivity index is 2.27. The second-order valence-electron chi connectivity index (χ2n) is 3.41. The monoisotopic (exact) mass is 197 g/mol. The normalized spacial score (nSPS) is 21.0. The SMILES string of the molecule is O=C1CC(c2cc(F)cc(F)c2)CN1. The summed E-state index contributed by atoms with van der Waals surface area (Å²) in [5.74, 6) is -1.37. The molecule has 0 saturated carbocycles. The van der Waals surface area contributed by atoms with Crippen molar-refractivity contribution >= 4 is 5.91 Å². The van der Waals surface area contributed by atoms with Gasteiger partial charge in [0.05, 0.1) is 0 Å². The Morgan fingerprint density at radius 1 is 1.21 bits per heavy atom. The van der Waals surface area contributed by atoms with E-state index in [1.165, 1.54) is 12.1 Å². The quantitative estimate of drug-likeness (QED) is 0.727. The fourth-order valence-corrected chi connectivity index (χ4v) is 1.65. The first-order valence-electron chi connectivity index (χ1n) is 4.38. The molecule has 4 heteroatoms. The molecule has 2 rings (SSSR count). The van der Waals surface area contributed by atoms with Gasteiger partial charge in [-0.3, -0.25) is 4.79 Å². The molecule has 0 aliphatic carbocycles. The van der Waals surface area contributed by atoms with E-state index in [0.717, 1.165) is 6.07 Å². The molecule has 1 aliphatic heterocycles. The van der Waals surface area contributed by atoms with Crippen molar-refractivity contribution in [1.29, 1.82) is 0 Å². The van der Waals surface area contributed by atoms with Crippen molar-refractivity contribution < 1.29 is 13.6 Å². The zero-order valence-corrected chi connectivity index (χ0v) is 7.39. The summed E-state index contributed by atoms with van der Waals surface area (Å²) in [6.07, 6.45) is 0.308. The van der Waals surface area contributed by atoms with Crippen LogP contribution in [0.25, 0.3) is 0 Å². The van der Waals surface area contributed by atoms with E-state index in [0.29, 0.717) is 18.5 Å². The van der Waals surface area contributed by atoms with Crippen LogP contribution in [-0.2, 0) is 4.79 Å². The largest absolute Gasteiger partial charge is 0.355 e. The van der Waals surface area contributed by atoms with E-state index in [4.69, 9.17) is 0 Å². The third-order valence-corrected chi connectivity index (χ3v) is 2.33. The molecule has 1 saturated heterocycles. The maximum absolute atomic E-state index is 12.8. The van der Waals surface area contributed by atoms with Crippen molar-refractivity contribution in [2.45, 2.75) is 12.3 Å². The summed E-state index contributed by atoms with van der Waals surface area (Å²) < 4.78 is 25.7. The molecule has 1 unspecified atom stereocenters. The van der Waals surface area contributed by atoms with Crippen LogP contribution >= 0.6 is 0 Å². The summed E-state index contributed by atoms with van der Waals surface area (Å²) in [6, 6.07) is 3.37. The maximum Gasteiger partial charge on any atom is 0.220 e. The molecule has 0 aromatic heterocycles. The van der Waals surface area contributed by atoms with Crippen LogP contribution in [0.15, 0.2) is 18.2 Å². The van der Waals surface area contributed by atoms with Crippen LogP contribution in [0.3, 0.4) is 0 Å². The van der Waals surface area contributed by atoms with Crippen LogP contribution in [0, 0.1) is 11.6 Å². The first-order chi connectivity index (χ1) is 6.65. The number of hydrogen-bond acceptors (Lipinski definition) is 1. The first-order valence-corrected chi connectivity index (χ1v) is 4.38. The number of benzene rings is 1. The lowest BCUT2D eigenvalue weighted by atomic mass is 9.98. The smallest absolute Gasteiger partial charge is 0.220 e. The Labute approximate surface area is 79.9 Å². The number of rotatable bonds is 1. The zero-order chi connectivity index (χ0) is 10.1. The Bertz CT molecular complexity index is 358.